The van der Waals surface area contributed by atoms with Crippen molar-refractivity contribution in [1.82, 2.24) is 10.2 Å². The van der Waals surface area contributed by atoms with Crippen LogP contribution in [-0.4, -0.2) is 63.9 Å². The van der Waals surface area contributed by atoms with Crippen molar-refractivity contribution in [3.63, 3.8) is 0 Å². The summed E-state index contributed by atoms with van der Waals surface area (Å²) in [7, 11) is 0. The lowest BCUT2D eigenvalue weighted by Crippen LogP contribution is -2.50. The van der Waals surface area contributed by atoms with E-state index < -0.39 is 29.2 Å². The Morgan fingerprint density at radius 2 is 1.16 bits per heavy atom. The van der Waals surface area contributed by atoms with Crippen LogP contribution in [0.3, 0.4) is 0 Å². The number of nitrogens with one attached hydrogen (secondary N) is 1. The second-order valence-electron chi connectivity index (χ2n) is 19.1. The van der Waals surface area contributed by atoms with Gasteiger partial charge in [-0.25, -0.2) is 0 Å². The molecule has 1 aliphatic rings. The van der Waals surface area contributed by atoms with Gasteiger partial charge in [0, 0.05) is 61.8 Å². The number of fused-ring (bicyclic) bond motifs is 2. The molecule has 0 spiro atoms. The molecule has 1 saturated heterocycles. The van der Waals surface area contributed by atoms with Crippen LogP contribution in [0.5, 0.6) is 0 Å². The second kappa shape index (κ2) is 21.9. The third-order valence-corrected chi connectivity index (χ3v) is 13.3. The Morgan fingerprint density at radius 3 is 1.75 bits per heavy atom. The number of carbonyl (C=O) groups is 6. The molecule has 0 unspecified atom stereocenters. The molecule has 1 aliphatic heterocycles. The minimum Gasteiger partial charge on any atom is -0.344 e. The van der Waals surface area contributed by atoms with Gasteiger partial charge in [-0.05, 0) is 105 Å². The molecule has 8 heteroatoms. The predicted molar refractivity (Wildman–Crippen MR) is 256 cm³/mol. The highest BCUT2D eigenvalue weighted by molar-refractivity contribution is 5.98. The average molecular weight is 863 g/mol. The molecule has 0 saturated carbocycles. The van der Waals surface area contributed by atoms with Crippen molar-refractivity contribution in [2.75, 3.05) is 6.54 Å². The molecule has 1 heterocycles. The molecule has 0 bridgehead atoms. The fourth-order valence-electron chi connectivity index (χ4n) is 9.66. The first-order valence-electron chi connectivity index (χ1n) is 23.3. The Labute approximate surface area is 379 Å². The quantitative estimate of drug-likeness (QED) is 0.0695. The Morgan fingerprint density at radius 1 is 0.609 bits per heavy atom. The van der Waals surface area contributed by atoms with E-state index in [1.54, 1.807) is 13.8 Å². The van der Waals surface area contributed by atoms with Gasteiger partial charge >= 0.3 is 0 Å². The highest BCUT2D eigenvalue weighted by atomic mass is 16.2. The highest BCUT2D eigenvalue weighted by Crippen LogP contribution is 2.30. The van der Waals surface area contributed by atoms with Gasteiger partial charge in [-0.2, -0.15) is 0 Å². The van der Waals surface area contributed by atoms with Crippen LogP contribution in [0.2, 0.25) is 0 Å². The maximum Gasteiger partial charge on any atom is 0.221 e. The van der Waals surface area contributed by atoms with Crippen LogP contribution in [0.15, 0.2) is 115 Å². The molecule has 1 amide bonds. The summed E-state index contributed by atoms with van der Waals surface area (Å²) in [6.07, 6.45) is 2.58. The van der Waals surface area contributed by atoms with Crippen molar-refractivity contribution in [2.24, 2.45) is 23.7 Å². The van der Waals surface area contributed by atoms with Gasteiger partial charge < -0.3 is 5.32 Å². The number of rotatable bonds is 23. The van der Waals surface area contributed by atoms with Crippen molar-refractivity contribution < 1.29 is 28.8 Å². The topological polar surface area (TPSA) is 118 Å². The minimum atomic E-state index is -1.34. The fourth-order valence-corrected chi connectivity index (χ4v) is 9.66. The molecule has 64 heavy (non-hydrogen) atoms. The van der Waals surface area contributed by atoms with Gasteiger partial charge in [0.05, 0.1) is 11.6 Å². The van der Waals surface area contributed by atoms with E-state index in [1.807, 2.05) is 129 Å². The van der Waals surface area contributed by atoms with Crippen molar-refractivity contribution in [2.45, 2.75) is 123 Å². The average Bonchev–Trinajstić information content (AvgIpc) is 3.79. The van der Waals surface area contributed by atoms with Crippen molar-refractivity contribution in [3.8, 4) is 0 Å². The maximum atomic E-state index is 14.4. The van der Waals surface area contributed by atoms with Gasteiger partial charge in [-0.15, -0.1) is 0 Å². The normalized spacial score (nSPS) is 15.9. The third-order valence-electron chi connectivity index (χ3n) is 13.3. The highest BCUT2D eigenvalue weighted by Gasteiger charge is 2.37. The number of nitrogens with zero attached hydrogens (tertiary/aromatic N) is 1. The molecule has 1 N–H and O–H groups in total. The van der Waals surface area contributed by atoms with E-state index in [9.17, 15) is 28.8 Å². The van der Waals surface area contributed by atoms with Gasteiger partial charge in [0.1, 0.15) is 17.3 Å². The van der Waals surface area contributed by atoms with Crippen LogP contribution in [0.1, 0.15) is 103 Å². The van der Waals surface area contributed by atoms with Crippen LogP contribution < -0.4 is 5.32 Å². The minimum absolute atomic E-state index is 0.00138. The molecular weight excluding hydrogens is 797 g/mol. The summed E-state index contributed by atoms with van der Waals surface area (Å²) in [5, 5.41) is 7.09. The first-order valence-corrected chi connectivity index (χ1v) is 23.3. The number of hydrogen-bond donors (Lipinski definition) is 1. The molecule has 1 fully saturated rings. The SMILES string of the molecule is CC(C)C(=O)[C@H](CC(=O)[C@H](CC(=O)C(C)(C)NC(=O)CCC(=O)[C@H](CC(=O)[C@H]1CCCN1C(C)C)Cc1cccc2ccccc12)Cc1ccccc1)Cc1cccc2ccccc12. The monoisotopic (exact) mass is 862 g/mol. The van der Waals surface area contributed by atoms with Crippen molar-refractivity contribution >= 4 is 56.4 Å². The van der Waals surface area contributed by atoms with E-state index in [0.29, 0.717) is 19.3 Å². The standard InChI is InChI=1S/C56H66N2O6/c1-37(2)55(64)46(33-43-24-15-22-41-20-11-13-26-48(41)43)35-51(60)44(31-39-17-8-7-9-18-39)36-53(62)56(5,6)57-54(63)29-28-50(59)45(34-52(61)49-27-16-30-58(49)38(3)4)32-42-23-14-21-40-19-10-12-25-47(40)42/h7-15,17-26,37-38,44-46,49H,16,27-36H2,1-6H3,(H,57,63)/t44-,45-,46-,49+/m0/s1. The number of Topliss-reactive ketones (excluding diaryl/α,β-unsaturated/α-hetero) is 5. The Bertz CT molecular complexity index is 2440. The first kappa shape index (κ1) is 47.9. The summed E-state index contributed by atoms with van der Waals surface area (Å²) >= 11 is 0. The summed E-state index contributed by atoms with van der Waals surface area (Å²) in [5.41, 5.74) is 1.55. The maximum absolute atomic E-state index is 14.4. The molecule has 4 atom stereocenters. The van der Waals surface area contributed by atoms with Gasteiger partial charge in [0.15, 0.2) is 11.6 Å². The predicted octanol–water partition coefficient (Wildman–Crippen LogP) is 10.1. The zero-order valence-electron chi connectivity index (χ0n) is 38.6. The molecule has 0 aromatic heterocycles. The van der Waals surface area contributed by atoms with Crippen molar-refractivity contribution in [3.05, 3.63) is 132 Å². The summed E-state index contributed by atoms with van der Waals surface area (Å²) in [6.45, 7) is 12.0. The molecule has 5 aromatic carbocycles. The third kappa shape index (κ3) is 12.3. The van der Waals surface area contributed by atoms with Gasteiger partial charge in [0.2, 0.25) is 5.91 Å². The van der Waals surface area contributed by atoms with E-state index in [0.717, 1.165) is 57.6 Å². The second-order valence-corrected chi connectivity index (χ2v) is 19.1. The van der Waals surface area contributed by atoms with E-state index in [1.165, 1.54) is 0 Å². The summed E-state index contributed by atoms with van der Waals surface area (Å²) in [4.78, 5) is 86.2. The summed E-state index contributed by atoms with van der Waals surface area (Å²) in [6, 6.07) is 37.6. The molecule has 0 radical (unpaired) electrons. The van der Waals surface area contributed by atoms with E-state index in [2.05, 4.69) is 24.1 Å². The number of ketones is 5. The van der Waals surface area contributed by atoms with Crippen LogP contribution in [0, 0.1) is 23.7 Å². The smallest absolute Gasteiger partial charge is 0.221 e. The Hall–Kier alpha value is -5.60. The van der Waals surface area contributed by atoms with Crippen LogP contribution in [-0.2, 0) is 48.0 Å². The molecule has 8 nitrogen and oxygen atoms in total. The molecule has 0 aliphatic carbocycles. The van der Waals surface area contributed by atoms with Crippen LogP contribution >= 0.6 is 0 Å². The lowest BCUT2D eigenvalue weighted by Gasteiger charge is -2.29. The van der Waals surface area contributed by atoms with Gasteiger partial charge in [-0.3, -0.25) is 33.7 Å². The number of benzene rings is 5. The first-order chi connectivity index (χ1) is 30.6. The van der Waals surface area contributed by atoms with Crippen molar-refractivity contribution in [1.29, 1.82) is 0 Å². The zero-order chi connectivity index (χ0) is 46.0. The van der Waals surface area contributed by atoms with Crippen LogP contribution in [0.4, 0.5) is 0 Å². The van der Waals surface area contributed by atoms with Crippen LogP contribution in [0.25, 0.3) is 21.5 Å². The summed E-state index contributed by atoms with van der Waals surface area (Å²) < 4.78 is 0. The number of likely N-dealkylation sites (tertiary alicyclic amines) is 1. The molecule has 6 rings (SSSR count). The molecule has 336 valence electrons. The molecule has 5 aromatic rings. The Kier molecular flexibility index (Phi) is 16.3. The van der Waals surface area contributed by atoms with Gasteiger partial charge in [-0.1, -0.05) is 129 Å². The lowest BCUT2D eigenvalue weighted by molar-refractivity contribution is -0.135. The Balaban J connectivity index is 1.14. The zero-order valence-corrected chi connectivity index (χ0v) is 38.6. The molecular formula is C56H66N2O6. The number of amides is 1. The van der Waals surface area contributed by atoms with E-state index in [-0.39, 0.29) is 79.0 Å². The number of hydrogen-bond acceptors (Lipinski definition) is 7. The van der Waals surface area contributed by atoms with E-state index in [4.69, 9.17) is 0 Å². The summed E-state index contributed by atoms with van der Waals surface area (Å²) in [5.74, 6) is -3.18. The van der Waals surface area contributed by atoms with E-state index >= 15 is 0 Å². The lowest BCUT2D eigenvalue weighted by atomic mass is 9.79. The van der Waals surface area contributed by atoms with Gasteiger partial charge in [0.25, 0.3) is 0 Å². The largest absolute Gasteiger partial charge is 0.344 e. The fraction of sp³-hybridized carbons (Fsp3) is 0.429. The number of carbonyl (C=O) groups excluding carboxylic acids is 6.